The molecule has 4 aromatic rings. The minimum atomic E-state index is -0.790. The van der Waals surface area contributed by atoms with Gasteiger partial charge < -0.3 is 10.6 Å². The van der Waals surface area contributed by atoms with Gasteiger partial charge in [0, 0.05) is 16.3 Å². The SMILES string of the molecule is CC1(C(=O)Nc2nc(-c3cccc4c(F)cccc34)cs2)CC2C(=O)NC1c1ccccc12. The molecule has 2 bridgehead atoms. The Morgan fingerprint density at radius 1 is 1.09 bits per heavy atom. The van der Waals surface area contributed by atoms with E-state index in [0.29, 0.717) is 22.6 Å². The molecule has 2 N–H and O–H groups in total. The van der Waals surface area contributed by atoms with E-state index in [2.05, 4.69) is 15.6 Å². The highest BCUT2D eigenvalue weighted by Crippen LogP contribution is 2.53. The molecule has 7 rings (SSSR count). The van der Waals surface area contributed by atoms with Crippen LogP contribution in [0.1, 0.15) is 36.4 Å². The van der Waals surface area contributed by atoms with E-state index in [1.165, 1.54) is 17.4 Å². The number of hydrogen-bond donors (Lipinski definition) is 2. The molecule has 2 amide bonds. The average molecular weight is 458 g/mol. The van der Waals surface area contributed by atoms with E-state index in [9.17, 15) is 14.0 Å². The number of hydrogen-bond acceptors (Lipinski definition) is 4. The topological polar surface area (TPSA) is 71.1 Å². The van der Waals surface area contributed by atoms with E-state index in [0.717, 1.165) is 22.1 Å². The number of nitrogens with zero attached hydrogens (tertiary/aromatic N) is 1. The van der Waals surface area contributed by atoms with E-state index in [-0.39, 0.29) is 29.6 Å². The van der Waals surface area contributed by atoms with Crippen molar-refractivity contribution in [3.05, 3.63) is 83.0 Å². The Labute approximate surface area is 193 Å². The predicted octanol–water partition coefficient (Wildman–Crippen LogP) is 5.41. The number of rotatable bonds is 3. The highest BCUT2D eigenvalue weighted by molar-refractivity contribution is 7.14. The van der Waals surface area contributed by atoms with Crippen molar-refractivity contribution in [2.45, 2.75) is 25.3 Å². The molecule has 7 heteroatoms. The summed E-state index contributed by atoms with van der Waals surface area (Å²) in [5.74, 6) is -0.805. The van der Waals surface area contributed by atoms with Crippen molar-refractivity contribution < 1.29 is 14.0 Å². The van der Waals surface area contributed by atoms with Gasteiger partial charge in [-0.05, 0) is 35.9 Å². The van der Waals surface area contributed by atoms with Crippen LogP contribution in [-0.4, -0.2) is 16.8 Å². The third kappa shape index (κ3) is 2.99. The Balaban J connectivity index is 1.30. The quantitative estimate of drug-likeness (QED) is 0.432. The molecule has 1 fully saturated rings. The van der Waals surface area contributed by atoms with Gasteiger partial charge in [-0.2, -0.15) is 0 Å². The summed E-state index contributed by atoms with van der Waals surface area (Å²) in [5.41, 5.74) is 2.72. The summed E-state index contributed by atoms with van der Waals surface area (Å²) in [6, 6.07) is 17.9. The summed E-state index contributed by atoms with van der Waals surface area (Å²) in [6.07, 6.45) is 0.452. The summed E-state index contributed by atoms with van der Waals surface area (Å²) in [4.78, 5) is 30.6. The number of amides is 2. The Morgan fingerprint density at radius 2 is 1.85 bits per heavy atom. The average Bonchev–Trinajstić information content (AvgIpc) is 3.28. The molecule has 1 aliphatic carbocycles. The number of nitrogens with one attached hydrogen (secondary N) is 2. The lowest BCUT2D eigenvalue weighted by Crippen LogP contribution is -2.57. The predicted molar refractivity (Wildman–Crippen MR) is 126 cm³/mol. The lowest BCUT2D eigenvalue weighted by molar-refractivity contribution is -0.137. The summed E-state index contributed by atoms with van der Waals surface area (Å²) in [7, 11) is 0. The number of carbonyl (C=O) groups is 2. The molecular weight excluding hydrogens is 437 g/mol. The Hall–Kier alpha value is -3.58. The maximum absolute atomic E-state index is 14.2. The minimum Gasteiger partial charge on any atom is -0.348 e. The number of piperidine rings is 1. The van der Waals surface area contributed by atoms with E-state index in [4.69, 9.17) is 0 Å². The van der Waals surface area contributed by atoms with Crippen LogP contribution in [0.3, 0.4) is 0 Å². The highest BCUT2D eigenvalue weighted by Gasteiger charge is 2.55. The maximum Gasteiger partial charge on any atom is 0.234 e. The molecule has 3 aliphatic rings. The van der Waals surface area contributed by atoms with Crippen LogP contribution < -0.4 is 10.6 Å². The summed E-state index contributed by atoms with van der Waals surface area (Å²) in [6.45, 7) is 1.90. The molecule has 164 valence electrons. The van der Waals surface area contributed by atoms with Gasteiger partial charge in [0.15, 0.2) is 5.13 Å². The smallest absolute Gasteiger partial charge is 0.234 e. The maximum atomic E-state index is 14.2. The number of thiazole rings is 1. The van der Waals surface area contributed by atoms with E-state index in [1.807, 2.05) is 48.7 Å². The number of carbonyl (C=O) groups excluding carboxylic acids is 2. The zero-order chi connectivity index (χ0) is 22.7. The van der Waals surface area contributed by atoms with Gasteiger partial charge in [-0.15, -0.1) is 11.3 Å². The highest BCUT2D eigenvalue weighted by atomic mass is 32.1. The van der Waals surface area contributed by atoms with Crippen molar-refractivity contribution >= 4 is 39.1 Å². The number of anilines is 1. The van der Waals surface area contributed by atoms with E-state index in [1.54, 1.807) is 18.2 Å². The number of aromatic nitrogens is 1. The van der Waals surface area contributed by atoms with Gasteiger partial charge in [-0.3, -0.25) is 9.59 Å². The van der Waals surface area contributed by atoms with Gasteiger partial charge in [-0.1, -0.05) is 54.6 Å². The molecule has 3 unspecified atom stereocenters. The van der Waals surface area contributed by atoms with Crippen molar-refractivity contribution in [2.75, 3.05) is 5.32 Å². The summed E-state index contributed by atoms with van der Waals surface area (Å²) >= 11 is 1.33. The second-order valence-corrected chi connectivity index (χ2v) is 9.74. The fourth-order valence-electron chi connectivity index (χ4n) is 5.21. The van der Waals surface area contributed by atoms with E-state index < -0.39 is 5.41 Å². The molecular formula is C26H20FN3O2S. The standard InChI is InChI=1S/C26H20FN3O2S/c1-26(12-19-15-6-2-3-7-18(15)22(26)29-23(19)31)24(32)30-25-28-21(13-33-25)17-10-4-9-16-14(17)8-5-11-20(16)27/h2-11,13,19,22H,12H2,1H3,(H,29,31)(H,28,30,32). The number of benzene rings is 3. The van der Waals surface area contributed by atoms with Crippen LogP contribution in [0.25, 0.3) is 22.0 Å². The molecule has 3 aromatic carbocycles. The second kappa shape index (κ2) is 7.22. The molecule has 0 spiro atoms. The normalized spacial score (nSPS) is 23.3. The molecule has 5 nitrogen and oxygen atoms in total. The monoisotopic (exact) mass is 457 g/mol. The molecule has 2 aliphatic heterocycles. The van der Waals surface area contributed by atoms with Crippen molar-refractivity contribution in [3.63, 3.8) is 0 Å². The minimum absolute atomic E-state index is 0.0244. The molecule has 1 saturated heterocycles. The molecule has 0 radical (unpaired) electrons. The van der Waals surface area contributed by atoms with Crippen LogP contribution in [0.15, 0.2) is 66.0 Å². The van der Waals surface area contributed by atoms with Crippen LogP contribution in [-0.2, 0) is 9.59 Å². The molecule has 1 aromatic heterocycles. The van der Waals surface area contributed by atoms with Gasteiger partial charge >= 0.3 is 0 Å². The summed E-state index contributed by atoms with van der Waals surface area (Å²) in [5, 5.41) is 9.66. The first kappa shape index (κ1) is 20.1. The third-order valence-corrected chi connectivity index (χ3v) is 7.70. The zero-order valence-electron chi connectivity index (χ0n) is 17.8. The van der Waals surface area contributed by atoms with Gasteiger partial charge in [0.2, 0.25) is 11.8 Å². The molecule has 3 atom stereocenters. The van der Waals surface area contributed by atoms with Crippen LogP contribution in [0.4, 0.5) is 9.52 Å². The van der Waals surface area contributed by atoms with Crippen molar-refractivity contribution in [1.82, 2.24) is 10.3 Å². The Kier molecular flexibility index (Phi) is 4.39. The largest absolute Gasteiger partial charge is 0.348 e. The van der Waals surface area contributed by atoms with E-state index >= 15 is 0 Å². The van der Waals surface area contributed by atoms with Crippen molar-refractivity contribution in [3.8, 4) is 11.3 Å². The third-order valence-electron chi connectivity index (χ3n) is 6.94. The van der Waals surface area contributed by atoms with Gasteiger partial charge in [0.1, 0.15) is 5.82 Å². The fourth-order valence-corrected chi connectivity index (χ4v) is 5.92. The Morgan fingerprint density at radius 3 is 2.70 bits per heavy atom. The fraction of sp³-hybridized carbons (Fsp3) is 0.192. The van der Waals surface area contributed by atoms with Gasteiger partial charge in [0.25, 0.3) is 0 Å². The molecule has 33 heavy (non-hydrogen) atoms. The first-order chi connectivity index (χ1) is 16.0. The van der Waals surface area contributed by atoms with Crippen molar-refractivity contribution in [1.29, 1.82) is 0 Å². The van der Waals surface area contributed by atoms with Crippen LogP contribution >= 0.6 is 11.3 Å². The van der Waals surface area contributed by atoms with Crippen LogP contribution in [0, 0.1) is 11.2 Å². The lowest BCUT2D eigenvalue weighted by atomic mass is 9.61. The van der Waals surface area contributed by atoms with Crippen LogP contribution in [0.5, 0.6) is 0 Å². The second-order valence-electron chi connectivity index (χ2n) is 8.88. The van der Waals surface area contributed by atoms with Crippen LogP contribution in [0.2, 0.25) is 0 Å². The number of halogens is 1. The molecule has 3 heterocycles. The Bertz CT molecular complexity index is 1450. The lowest BCUT2D eigenvalue weighted by Gasteiger charge is -2.49. The number of fused-ring (bicyclic) bond motifs is 3. The van der Waals surface area contributed by atoms with Gasteiger partial charge in [0.05, 0.1) is 23.1 Å². The first-order valence-corrected chi connectivity index (χ1v) is 11.7. The van der Waals surface area contributed by atoms with Gasteiger partial charge in [-0.25, -0.2) is 9.37 Å². The summed E-state index contributed by atoms with van der Waals surface area (Å²) < 4.78 is 14.2. The zero-order valence-corrected chi connectivity index (χ0v) is 18.6. The molecule has 0 saturated carbocycles. The first-order valence-electron chi connectivity index (χ1n) is 10.8. The van der Waals surface area contributed by atoms with Crippen molar-refractivity contribution in [2.24, 2.45) is 5.41 Å².